The van der Waals surface area contributed by atoms with Crippen LogP contribution in [0.5, 0.6) is 0 Å². The van der Waals surface area contributed by atoms with Crippen LogP contribution in [-0.2, 0) is 14.1 Å². The third kappa shape index (κ3) is 3.95. The second-order valence-corrected chi connectivity index (χ2v) is 7.82. The van der Waals surface area contributed by atoms with E-state index in [9.17, 15) is 14.4 Å². The Morgan fingerprint density at radius 1 is 1.18 bits per heavy atom. The van der Waals surface area contributed by atoms with Crippen LogP contribution in [-0.4, -0.2) is 35.8 Å². The van der Waals surface area contributed by atoms with Gasteiger partial charge in [-0.3, -0.25) is 9.78 Å². The summed E-state index contributed by atoms with van der Waals surface area (Å²) in [6.07, 6.45) is 1.79. The van der Waals surface area contributed by atoms with Crippen molar-refractivity contribution in [2.45, 2.75) is 45.8 Å². The molecule has 2 N–H and O–H groups in total. The van der Waals surface area contributed by atoms with Crippen molar-refractivity contribution in [3.63, 3.8) is 0 Å². The lowest BCUT2D eigenvalue weighted by atomic mass is 9.77. The molecule has 28 heavy (non-hydrogen) atoms. The van der Waals surface area contributed by atoms with Crippen LogP contribution in [0.3, 0.4) is 0 Å². The van der Waals surface area contributed by atoms with Gasteiger partial charge in [0, 0.05) is 13.5 Å². The summed E-state index contributed by atoms with van der Waals surface area (Å²) in [6.45, 7) is 9.44. The van der Waals surface area contributed by atoms with Crippen LogP contribution in [0, 0.1) is 0 Å². The van der Waals surface area contributed by atoms with Gasteiger partial charge in [-0.05, 0) is 50.9 Å². The van der Waals surface area contributed by atoms with E-state index in [0.29, 0.717) is 16.6 Å². The van der Waals surface area contributed by atoms with Crippen molar-refractivity contribution in [2.24, 2.45) is 0 Å². The van der Waals surface area contributed by atoms with Gasteiger partial charge in [-0.25, -0.2) is 9.59 Å². The number of rotatable bonds is 4. The Labute approximate surface area is 162 Å². The zero-order valence-electron chi connectivity index (χ0n) is 16.5. The van der Waals surface area contributed by atoms with Crippen LogP contribution in [0.25, 0.3) is 17.0 Å². The number of nitrogens with one attached hydrogen (secondary N) is 2. The normalized spacial score (nSPS) is 18.5. The standard InChI is InChI=1S/C19H23BN2O6/c1-11(23)21-10-13(20-27-18(2,3)19(4,5)28-20)8-12-6-7-15-14(9-12)16(24)26-17(25)22-15/h6-9H,10H2,1-5H3,(H,21,23)(H,22,25). The number of aromatic nitrogens is 1. The number of hydrogen-bond acceptors (Lipinski definition) is 6. The summed E-state index contributed by atoms with van der Waals surface area (Å²) >= 11 is 0. The molecule has 0 saturated carbocycles. The number of carbonyl (C=O) groups is 1. The monoisotopic (exact) mass is 386 g/mol. The van der Waals surface area contributed by atoms with Crippen molar-refractivity contribution >= 4 is 30.0 Å². The van der Waals surface area contributed by atoms with E-state index in [4.69, 9.17) is 9.31 Å². The Morgan fingerprint density at radius 3 is 2.43 bits per heavy atom. The summed E-state index contributed by atoms with van der Waals surface area (Å²) in [5.41, 5.74) is -0.0113. The highest BCUT2D eigenvalue weighted by Gasteiger charge is 2.52. The molecule has 1 fully saturated rings. The maximum absolute atomic E-state index is 12.0. The van der Waals surface area contributed by atoms with E-state index in [-0.39, 0.29) is 17.8 Å². The lowest BCUT2D eigenvalue weighted by Crippen LogP contribution is -2.41. The van der Waals surface area contributed by atoms with Crippen molar-refractivity contribution < 1.29 is 18.5 Å². The van der Waals surface area contributed by atoms with Crippen molar-refractivity contribution in [3.8, 4) is 0 Å². The Hall–Kier alpha value is -2.65. The van der Waals surface area contributed by atoms with Crippen molar-refractivity contribution in [2.75, 3.05) is 6.54 Å². The van der Waals surface area contributed by atoms with E-state index >= 15 is 0 Å². The average molecular weight is 386 g/mol. The minimum absolute atomic E-state index is 0.181. The molecule has 0 atom stereocenters. The highest BCUT2D eigenvalue weighted by atomic mass is 16.7. The summed E-state index contributed by atoms with van der Waals surface area (Å²) in [7, 11) is -0.653. The topological polar surface area (TPSA) is 111 Å². The summed E-state index contributed by atoms with van der Waals surface area (Å²) in [4.78, 5) is 37.2. The number of hydrogen-bond donors (Lipinski definition) is 2. The fourth-order valence-corrected chi connectivity index (χ4v) is 2.84. The fraction of sp³-hybridized carbons (Fsp3) is 0.421. The Kier molecular flexibility index (Phi) is 5.07. The highest BCUT2D eigenvalue weighted by molar-refractivity contribution is 6.56. The van der Waals surface area contributed by atoms with Gasteiger partial charge in [0.25, 0.3) is 0 Å². The maximum Gasteiger partial charge on any atom is 0.492 e. The number of fused-ring (bicyclic) bond motifs is 1. The first-order valence-corrected chi connectivity index (χ1v) is 8.96. The molecular weight excluding hydrogens is 363 g/mol. The summed E-state index contributed by atoms with van der Waals surface area (Å²) in [5.74, 6) is -0.983. The molecule has 148 valence electrons. The van der Waals surface area contributed by atoms with Gasteiger partial charge in [0.15, 0.2) is 0 Å². The van der Waals surface area contributed by atoms with Crippen LogP contribution in [0.2, 0.25) is 0 Å². The molecule has 1 amide bonds. The summed E-state index contributed by atoms with van der Waals surface area (Å²) in [6, 6.07) is 4.98. The second-order valence-electron chi connectivity index (χ2n) is 7.82. The molecule has 0 unspecified atom stereocenters. The molecule has 2 aromatic rings. The first-order chi connectivity index (χ1) is 13.0. The van der Waals surface area contributed by atoms with Gasteiger partial charge < -0.3 is 19.0 Å². The van der Waals surface area contributed by atoms with Crippen LogP contribution < -0.4 is 16.7 Å². The molecule has 0 bridgehead atoms. The molecule has 1 aromatic carbocycles. The quantitative estimate of drug-likeness (QED) is 0.773. The molecule has 9 heteroatoms. The van der Waals surface area contributed by atoms with Gasteiger partial charge in [0.05, 0.1) is 22.1 Å². The smallest absolute Gasteiger partial charge is 0.400 e. The molecule has 0 radical (unpaired) electrons. The molecule has 1 aromatic heterocycles. The fourth-order valence-electron chi connectivity index (χ4n) is 2.84. The van der Waals surface area contributed by atoms with Gasteiger partial charge in [-0.15, -0.1) is 0 Å². The SMILES string of the molecule is CC(=O)NCC(=Cc1ccc2[nH]c(=O)oc(=O)c2c1)B1OC(C)(C)C(C)(C)O1. The molecule has 8 nitrogen and oxygen atoms in total. The number of aromatic amines is 1. The number of carbonyl (C=O) groups excluding carboxylic acids is 1. The minimum atomic E-state index is -0.802. The van der Waals surface area contributed by atoms with Gasteiger partial charge >= 0.3 is 18.5 Å². The predicted octanol–water partition coefficient (Wildman–Crippen LogP) is 1.63. The maximum atomic E-state index is 12.0. The first-order valence-electron chi connectivity index (χ1n) is 8.96. The van der Waals surface area contributed by atoms with E-state index in [0.717, 1.165) is 0 Å². The summed E-state index contributed by atoms with van der Waals surface area (Å²) in [5, 5.41) is 3.01. The zero-order chi connectivity index (χ0) is 20.7. The van der Waals surface area contributed by atoms with E-state index in [1.54, 1.807) is 24.3 Å². The third-order valence-corrected chi connectivity index (χ3v) is 5.14. The molecular formula is C19H23BN2O6. The average Bonchev–Trinajstić information content (AvgIpc) is 2.79. The molecule has 0 aliphatic carbocycles. The molecule has 1 saturated heterocycles. The van der Waals surface area contributed by atoms with Crippen LogP contribution >= 0.6 is 0 Å². The van der Waals surface area contributed by atoms with Gasteiger partial charge in [-0.2, -0.15) is 0 Å². The largest absolute Gasteiger partial charge is 0.492 e. The van der Waals surface area contributed by atoms with Gasteiger partial charge in [0.2, 0.25) is 5.91 Å². The lowest BCUT2D eigenvalue weighted by molar-refractivity contribution is -0.118. The van der Waals surface area contributed by atoms with Crippen LogP contribution in [0.4, 0.5) is 0 Å². The van der Waals surface area contributed by atoms with E-state index in [1.165, 1.54) is 6.92 Å². The van der Waals surface area contributed by atoms with E-state index in [1.807, 2.05) is 27.7 Å². The summed E-state index contributed by atoms with van der Waals surface area (Å²) < 4.78 is 16.8. The lowest BCUT2D eigenvalue weighted by Gasteiger charge is -2.32. The highest BCUT2D eigenvalue weighted by Crippen LogP contribution is 2.38. The zero-order valence-corrected chi connectivity index (χ0v) is 16.5. The third-order valence-electron chi connectivity index (χ3n) is 5.14. The molecule has 1 aliphatic heterocycles. The Morgan fingerprint density at radius 2 is 1.82 bits per heavy atom. The van der Waals surface area contributed by atoms with Gasteiger partial charge in [0.1, 0.15) is 0 Å². The second kappa shape index (κ2) is 7.07. The molecule has 1 aliphatic rings. The number of benzene rings is 1. The predicted molar refractivity (Wildman–Crippen MR) is 106 cm³/mol. The van der Waals surface area contributed by atoms with Crippen molar-refractivity contribution in [3.05, 3.63) is 50.2 Å². The molecule has 3 rings (SSSR count). The van der Waals surface area contributed by atoms with Crippen LogP contribution in [0.1, 0.15) is 40.2 Å². The molecule has 0 spiro atoms. The van der Waals surface area contributed by atoms with Crippen LogP contribution in [0.15, 0.2) is 37.7 Å². The first kappa shape index (κ1) is 20.1. The minimum Gasteiger partial charge on any atom is -0.400 e. The molecule has 2 heterocycles. The van der Waals surface area contributed by atoms with Gasteiger partial charge in [-0.1, -0.05) is 12.1 Å². The Balaban J connectivity index is 2.02. The Bertz CT molecular complexity index is 1050. The number of amides is 1. The number of H-pyrrole nitrogens is 1. The van der Waals surface area contributed by atoms with Crippen molar-refractivity contribution in [1.29, 1.82) is 0 Å². The van der Waals surface area contributed by atoms with E-state index in [2.05, 4.69) is 14.7 Å². The van der Waals surface area contributed by atoms with Crippen molar-refractivity contribution in [1.82, 2.24) is 10.3 Å². The van der Waals surface area contributed by atoms with E-state index < -0.39 is 29.7 Å².